The Morgan fingerprint density at radius 2 is 1.52 bits per heavy atom. The van der Waals surface area contributed by atoms with Crippen LogP contribution in [0, 0.1) is 0 Å². The molecule has 2 aromatic carbocycles. The van der Waals surface area contributed by atoms with Gasteiger partial charge < -0.3 is 0 Å². The largest absolute Gasteiger partial charge is 0.254 e. The van der Waals surface area contributed by atoms with Crippen molar-refractivity contribution in [3.63, 3.8) is 0 Å². The molecule has 2 aromatic rings. The van der Waals surface area contributed by atoms with Crippen LogP contribution in [-0.4, -0.2) is 17.0 Å². The topological polar surface area (TPSA) is 51.7 Å². The van der Waals surface area contributed by atoms with Crippen LogP contribution in [0.15, 0.2) is 71.7 Å². The zero-order valence-electron chi connectivity index (χ0n) is 11.3. The van der Waals surface area contributed by atoms with Crippen LogP contribution in [0.3, 0.4) is 0 Å². The number of aliphatic imine (C=N–C) groups is 1. The Balaban J connectivity index is 1.80. The van der Waals surface area contributed by atoms with E-state index >= 15 is 0 Å². The van der Waals surface area contributed by atoms with E-state index in [9.17, 15) is 0 Å². The summed E-state index contributed by atoms with van der Waals surface area (Å²) in [6.07, 6.45) is 1.93. The second kappa shape index (κ2) is 5.14. The summed E-state index contributed by atoms with van der Waals surface area (Å²) in [5.74, 6) is 0. The molecule has 0 amide bonds. The predicted molar refractivity (Wildman–Crippen MR) is 82.4 cm³/mol. The molecule has 4 rings (SSSR count). The average Bonchev–Trinajstić information content (AvgIpc) is 3.04. The molecule has 0 spiro atoms. The molecule has 1 fully saturated rings. The van der Waals surface area contributed by atoms with Crippen LogP contribution in [0.25, 0.3) is 5.70 Å². The van der Waals surface area contributed by atoms with Crippen molar-refractivity contribution >= 4 is 11.4 Å². The molecule has 104 valence electrons. The van der Waals surface area contributed by atoms with E-state index in [2.05, 4.69) is 46.8 Å². The van der Waals surface area contributed by atoms with Crippen LogP contribution in [0.1, 0.15) is 11.1 Å². The summed E-state index contributed by atoms with van der Waals surface area (Å²) in [5, 5.41) is 1.97. The van der Waals surface area contributed by atoms with Crippen molar-refractivity contribution in [3.8, 4) is 0 Å². The minimum Gasteiger partial charge on any atom is -0.254 e. The third-order valence-corrected chi connectivity index (χ3v) is 3.56. The number of allylic oxidation sites excluding steroid dienone is 1. The first kappa shape index (κ1) is 12.3. The smallest absolute Gasteiger partial charge is 0.205 e. The molecule has 0 bridgehead atoms. The highest BCUT2D eigenvalue weighted by Gasteiger charge is 2.30. The molecular formula is C16H15N5. The van der Waals surface area contributed by atoms with Crippen LogP contribution < -0.4 is 16.5 Å². The van der Waals surface area contributed by atoms with Gasteiger partial charge in [0.15, 0.2) is 0 Å². The maximum absolute atomic E-state index is 4.72. The standard InChI is InChI=1S/C16H15N5/c1-3-7-12(8-4-1)14-11-15(13-9-5-2-6-10-13)21-16(17-14)18-19-20-21/h1-11,16,18-20H. The number of hydrazine groups is 3. The molecule has 2 aliphatic heterocycles. The summed E-state index contributed by atoms with van der Waals surface area (Å²) in [4.78, 5) is 4.72. The first-order valence-corrected chi connectivity index (χ1v) is 6.87. The zero-order chi connectivity index (χ0) is 14.1. The maximum Gasteiger partial charge on any atom is 0.205 e. The Kier molecular flexibility index (Phi) is 3.01. The highest BCUT2D eigenvalue weighted by Crippen LogP contribution is 2.25. The highest BCUT2D eigenvalue weighted by molar-refractivity contribution is 6.12. The van der Waals surface area contributed by atoms with Crippen LogP contribution in [-0.2, 0) is 0 Å². The molecule has 2 aliphatic rings. The molecule has 0 aromatic heterocycles. The molecule has 1 saturated heterocycles. The van der Waals surface area contributed by atoms with Gasteiger partial charge in [-0.1, -0.05) is 60.7 Å². The quantitative estimate of drug-likeness (QED) is 0.781. The molecule has 2 heterocycles. The highest BCUT2D eigenvalue weighted by atomic mass is 15.9. The Labute approximate surface area is 122 Å². The summed E-state index contributed by atoms with van der Waals surface area (Å²) in [6, 6.07) is 20.5. The second-order valence-corrected chi connectivity index (χ2v) is 4.90. The van der Waals surface area contributed by atoms with Crippen molar-refractivity contribution in [2.45, 2.75) is 6.29 Å². The molecule has 1 atom stereocenters. The van der Waals surface area contributed by atoms with Gasteiger partial charge >= 0.3 is 0 Å². The fourth-order valence-corrected chi connectivity index (χ4v) is 2.53. The van der Waals surface area contributed by atoms with Crippen molar-refractivity contribution in [2.24, 2.45) is 4.99 Å². The predicted octanol–water partition coefficient (Wildman–Crippen LogP) is 1.64. The van der Waals surface area contributed by atoms with Gasteiger partial charge in [0.2, 0.25) is 6.29 Å². The van der Waals surface area contributed by atoms with Crippen LogP contribution in [0.5, 0.6) is 0 Å². The van der Waals surface area contributed by atoms with Crippen LogP contribution in [0.2, 0.25) is 0 Å². The number of benzene rings is 2. The summed E-state index contributed by atoms with van der Waals surface area (Å²) < 4.78 is 0. The van der Waals surface area contributed by atoms with Crippen LogP contribution >= 0.6 is 0 Å². The summed E-state index contributed by atoms with van der Waals surface area (Å²) in [5.41, 5.74) is 13.4. The van der Waals surface area contributed by atoms with E-state index in [-0.39, 0.29) is 6.29 Å². The van der Waals surface area contributed by atoms with Gasteiger partial charge in [-0.2, -0.15) is 16.5 Å². The second-order valence-electron chi connectivity index (χ2n) is 4.90. The first-order chi connectivity index (χ1) is 10.4. The van der Waals surface area contributed by atoms with E-state index in [4.69, 9.17) is 4.99 Å². The van der Waals surface area contributed by atoms with Gasteiger partial charge in [-0.05, 0) is 17.2 Å². The number of rotatable bonds is 2. The number of nitrogens with zero attached hydrogens (tertiary/aromatic N) is 2. The fraction of sp³-hybridized carbons (Fsp3) is 0.0625. The fourth-order valence-electron chi connectivity index (χ4n) is 2.53. The third kappa shape index (κ3) is 2.23. The normalized spacial score (nSPS) is 20.8. The SMILES string of the molecule is C1=C(c2ccccc2)N2NNNC2N=C1c1ccccc1. The van der Waals surface area contributed by atoms with Crippen molar-refractivity contribution < 1.29 is 0 Å². The van der Waals surface area contributed by atoms with E-state index in [1.54, 1.807) is 0 Å². The summed E-state index contributed by atoms with van der Waals surface area (Å²) >= 11 is 0. The third-order valence-electron chi connectivity index (χ3n) is 3.56. The lowest BCUT2D eigenvalue weighted by Crippen LogP contribution is -2.40. The van der Waals surface area contributed by atoms with Crippen molar-refractivity contribution in [1.29, 1.82) is 0 Å². The Morgan fingerprint density at radius 3 is 2.24 bits per heavy atom. The van der Waals surface area contributed by atoms with Crippen molar-refractivity contribution in [2.75, 3.05) is 0 Å². The monoisotopic (exact) mass is 277 g/mol. The van der Waals surface area contributed by atoms with Gasteiger partial charge in [-0.15, -0.1) is 0 Å². The lowest BCUT2D eigenvalue weighted by molar-refractivity contribution is 0.280. The molecule has 0 radical (unpaired) electrons. The van der Waals surface area contributed by atoms with E-state index in [1.165, 1.54) is 0 Å². The van der Waals surface area contributed by atoms with E-state index in [0.29, 0.717) is 0 Å². The number of hydrogen-bond donors (Lipinski definition) is 3. The van der Waals surface area contributed by atoms with Gasteiger partial charge in [-0.3, -0.25) is 5.01 Å². The van der Waals surface area contributed by atoms with Crippen LogP contribution in [0.4, 0.5) is 0 Å². The number of fused-ring (bicyclic) bond motifs is 1. The first-order valence-electron chi connectivity index (χ1n) is 6.87. The molecule has 3 N–H and O–H groups in total. The lowest BCUT2D eigenvalue weighted by atomic mass is 10.0. The van der Waals surface area contributed by atoms with E-state index in [0.717, 1.165) is 22.5 Å². The van der Waals surface area contributed by atoms with Gasteiger partial charge in [-0.25, -0.2) is 4.99 Å². The van der Waals surface area contributed by atoms with Crippen molar-refractivity contribution in [3.05, 3.63) is 77.9 Å². The van der Waals surface area contributed by atoms with E-state index < -0.39 is 0 Å². The molecule has 5 nitrogen and oxygen atoms in total. The maximum atomic E-state index is 4.72. The van der Waals surface area contributed by atoms with Gasteiger partial charge in [0.25, 0.3) is 0 Å². The molecule has 1 unspecified atom stereocenters. The molecule has 5 heteroatoms. The van der Waals surface area contributed by atoms with Gasteiger partial charge in [0.1, 0.15) is 0 Å². The minimum atomic E-state index is -0.166. The number of hydrogen-bond acceptors (Lipinski definition) is 5. The Morgan fingerprint density at radius 1 is 0.857 bits per heavy atom. The average molecular weight is 277 g/mol. The van der Waals surface area contributed by atoms with Crippen molar-refractivity contribution in [1.82, 2.24) is 21.5 Å². The number of nitrogens with one attached hydrogen (secondary N) is 3. The Hall–Kier alpha value is -2.47. The lowest BCUT2D eigenvalue weighted by Gasteiger charge is -2.28. The minimum absolute atomic E-state index is 0.166. The zero-order valence-corrected chi connectivity index (χ0v) is 11.3. The van der Waals surface area contributed by atoms with E-state index in [1.807, 2.05) is 41.4 Å². The summed E-state index contributed by atoms with van der Waals surface area (Å²) in [6.45, 7) is 0. The molecule has 0 aliphatic carbocycles. The summed E-state index contributed by atoms with van der Waals surface area (Å²) in [7, 11) is 0. The molecular weight excluding hydrogens is 262 g/mol. The van der Waals surface area contributed by atoms with Gasteiger partial charge in [0.05, 0.1) is 11.4 Å². The molecule has 0 saturated carbocycles. The molecule has 21 heavy (non-hydrogen) atoms. The van der Waals surface area contributed by atoms with Gasteiger partial charge in [0, 0.05) is 0 Å². The Bertz CT molecular complexity index is 693.